The summed E-state index contributed by atoms with van der Waals surface area (Å²) in [6, 6.07) is 0. The minimum atomic E-state index is -0.332. The van der Waals surface area contributed by atoms with Gasteiger partial charge in [0, 0.05) is 6.61 Å². The molecule has 0 aromatic carbocycles. The topological polar surface area (TPSA) is 47.9 Å². The zero-order chi connectivity index (χ0) is 19.1. The van der Waals surface area contributed by atoms with Gasteiger partial charge in [0.2, 0.25) is 0 Å². The van der Waals surface area contributed by atoms with Gasteiger partial charge >= 0.3 is 0 Å². The summed E-state index contributed by atoms with van der Waals surface area (Å²) in [4.78, 5) is 0. The van der Waals surface area contributed by atoms with Gasteiger partial charge in [0.1, 0.15) is 0 Å². The molecule has 0 fully saturated rings. The molecule has 158 valence electrons. The Bertz CT molecular complexity index is 224. The van der Waals surface area contributed by atoms with E-state index in [1.807, 2.05) is 0 Å². The molecule has 1 N–H and O–H groups in total. The second-order valence-corrected chi connectivity index (χ2v) is 7.28. The smallest absolute Gasteiger partial charge is 0.0773 e. The standard InChI is InChI=1S/C22H46O4/c1-3-5-7-8-9-10-11-12-13-14-15-22(23)21-26-20-19-25-18-17-24-16-6-4-2/h22-23H,3-21H2,1-2H3. The Hall–Kier alpha value is -0.160. The van der Waals surface area contributed by atoms with E-state index in [2.05, 4.69) is 13.8 Å². The second kappa shape index (κ2) is 22.9. The molecule has 0 rings (SSSR count). The van der Waals surface area contributed by atoms with E-state index in [1.165, 1.54) is 57.8 Å². The van der Waals surface area contributed by atoms with Crippen LogP contribution < -0.4 is 0 Å². The molecule has 4 nitrogen and oxygen atoms in total. The van der Waals surface area contributed by atoms with Crippen LogP contribution >= 0.6 is 0 Å². The molecule has 0 heterocycles. The number of hydrogen-bond acceptors (Lipinski definition) is 4. The first-order valence-corrected chi connectivity index (χ1v) is 11.2. The molecule has 0 saturated carbocycles. The number of unbranched alkanes of at least 4 members (excludes halogenated alkanes) is 10. The number of aliphatic hydroxyl groups is 1. The average molecular weight is 375 g/mol. The molecule has 0 saturated heterocycles. The van der Waals surface area contributed by atoms with E-state index >= 15 is 0 Å². The van der Waals surface area contributed by atoms with E-state index in [1.54, 1.807) is 0 Å². The van der Waals surface area contributed by atoms with Gasteiger partial charge in [0.15, 0.2) is 0 Å². The van der Waals surface area contributed by atoms with Gasteiger partial charge in [0.05, 0.1) is 39.1 Å². The Morgan fingerprint density at radius 3 is 1.58 bits per heavy atom. The fraction of sp³-hybridized carbons (Fsp3) is 1.00. The third-order valence-corrected chi connectivity index (χ3v) is 4.59. The summed E-state index contributed by atoms with van der Waals surface area (Å²) >= 11 is 0. The van der Waals surface area contributed by atoms with Crippen molar-refractivity contribution in [3.63, 3.8) is 0 Å². The number of aliphatic hydroxyl groups excluding tert-OH is 1. The van der Waals surface area contributed by atoms with Crippen molar-refractivity contribution < 1.29 is 19.3 Å². The summed E-state index contributed by atoms with van der Waals surface area (Å²) in [5, 5.41) is 9.91. The molecule has 0 bridgehead atoms. The summed E-state index contributed by atoms with van der Waals surface area (Å²) in [7, 11) is 0. The van der Waals surface area contributed by atoms with Crippen LogP contribution in [0.25, 0.3) is 0 Å². The molecule has 0 aliphatic carbocycles. The summed E-state index contributed by atoms with van der Waals surface area (Å²) < 4.78 is 16.3. The molecule has 0 amide bonds. The molecule has 0 aliphatic heterocycles. The van der Waals surface area contributed by atoms with Crippen molar-refractivity contribution in [3.05, 3.63) is 0 Å². The van der Waals surface area contributed by atoms with Crippen LogP contribution in [0, 0.1) is 0 Å². The van der Waals surface area contributed by atoms with Crippen LogP contribution in [0.3, 0.4) is 0 Å². The molecule has 0 radical (unpaired) electrons. The Labute approximate surface area is 163 Å². The summed E-state index contributed by atoms with van der Waals surface area (Å²) in [6.07, 6.45) is 16.1. The minimum absolute atomic E-state index is 0.332. The van der Waals surface area contributed by atoms with Crippen molar-refractivity contribution in [2.24, 2.45) is 0 Å². The molecule has 0 aliphatic rings. The largest absolute Gasteiger partial charge is 0.391 e. The lowest BCUT2D eigenvalue weighted by Gasteiger charge is -2.11. The highest BCUT2D eigenvalue weighted by molar-refractivity contribution is 4.55. The number of hydrogen-bond donors (Lipinski definition) is 1. The van der Waals surface area contributed by atoms with E-state index in [4.69, 9.17) is 14.2 Å². The fourth-order valence-corrected chi connectivity index (χ4v) is 2.86. The molecule has 0 spiro atoms. The van der Waals surface area contributed by atoms with Gasteiger partial charge in [-0.15, -0.1) is 0 Å². The maximum Gasteiger partial charge on any atom is 0.0773 e. The Balaban J connectivity index is 3.12. The van der Waals surface area contributed by atoms with Crippen LogP contribution in [-0.4, -0.2) is 50.9 Å². The van der Waals surface area contributed by atoms with E-state index in [0.717, 1.165) is 32.3 Å². The highest BCUT2D eigenvalue weighted by Crippen LogP contribution is 2.12. The third-order valence-electron chi connectivity index (χ3n) is 4.59. The van der Waals surface area contributed by atoms with Crippen LogP contribution in [-0.2, 0) is 14.2 Å². The van der Waals surface area contributed by atoms with E-state index in [0.29, 0.717) is 33.0 Å². The predicted molar refractivity (Wildman–Crippen MR) is 110 cm³/mol. The van der Waals surface area contributed by atoms with Crippen LogP contribution in [0.2, 0.25) is 0 Å². The molecule has 0 aromatic rings. The zero-order valence-corrected chi connectivity index (χ0v) is 17.7. The molecule has 4 heteroatoms. The molecule has 0 aromatic heterocycles. The molecule has 1 atom stereocenters. The molecule has 1 unspecified atom stereocenters. The van der Waals surface area contributed by atoms with Crippen LogP contribution in [0.15, 0.2) is 0 Å². The molecule has 26 heavy (non-hydrogen) atoms. The van der Waals surface area contributed by atoms with Gasteiger partial charge in [-0.1, -0.05) is 84.5 Å². The highest BCUT2D eigenvalue weighted by atomic mass is 16.5. The first kappa shape index (κ1) is 25.8. The quantitative estimate of drug-likeness (QED) is 0.254. The summed E-state index contributed by atoms with van der Waals surface area (Å²) in [6.45, 7) is 8.05. The predicted octanol–water partition coefficient (Wildman–Crippen LogP) is 5.51. The lowest BCUT2D eigenvalue weighted by molar-refractivity contribution is -0.0119. The van der Waals surface area contributed by atoms with Gasteiger partial charge in [-0.3, -0.25) is 0 Å². The van der Waals surface area contributed by atoms with Gasteiger partial charge in [-0.25, -0.2) is 0 Å². The molecular formula is C22H46O4. The van der Waals surface area contributed by atoms with Gasteiger partial charge < -0.3 is 19.3 Å². The Kier molecular flexibility index (Phi) is 22.7. The van der Waals surface area contributed by atoms with E-state index in [9.17, 15) is 5.11 Å². The lowest BCUT2D eigenvalue weighted by Crippen LogP contribution is -2.17. The van der Waals surface area contributed by atoms with E-state index < -0.39 is 0 Å². The van der Waals surface area contributed by atoms with Crippen molar-refractivity contribution in [1.82, 2.24) is 0 Å². The molecular weight excluding hydrogens is 328 g/mol. The highest BCUT2D eigenvalue weighted by Gasteiger charge is 2.04. The summed E-state index contributed by atoms with van der Waals surface area (Å²) in [5.74, 6) is 0. The van der Waals surface area contributed by atoms with Crippen LogP contribution in [0.4, 0.5) is 0 Å². The van der Waals surface area contributed by atoms with E-state index in [-0.39, 0.29) is 6.10 Å². The van der Waals surface area contributed by atoms with Crippen molar-refractivity contribution in [3.8, 4) is 0 Å². The first-order valence-electron chi connectivity index (χ1n) is 11.2. The Morgan fingerprint density at radius 1 is 0.538 bits per heavy atom. The van der Waals surface area contributed by atoms with Crippen LogP contribution in [0.5, 0.6) is 0 Å². The summed E-state index contributed by atoms with van der Waals surface area (Å²) in [5.41, 5.74) is 0. The number of ether oxygens (including phenoxy) is 3. The zero-order valence-electron chi connectivity index (χ0n) is 17.7. The fourth-order valence-electron chi connectivity index (χ4n) is 2.86. The first-order chi connectivity index (χ1) is 12.8. The van der Waals surface area contributed by atoms with Crippen molar-refractivity contribution in [2.45, 2.75) is 103 Å². The maximum absolute atomic E-state index is 9.91. The van der Waals surface area contributed by atoms with Gasteiger partial charge in [-0.2, -0.15) is 0 Å². The lowest BCUT2D eigenvalue weighted by atomic mass is 10.0. The van der Waals surface area contributed by atoms with Crippen molar-refractivity contribution in [1.29, 1.82) is 0 Å². The second-order valence-electron chi connectivity index (χ2n) is 7.28. The van der Waals surface area contributed by atoms with Gasteiger partial charge in [-0.05, 0) is 12.8 Å². The monoisotopic (exact) mass is 374 g/mol. The average Bonchev–Trinajstić information content (AvgIpc) is 2.64. The normalized spacial score (nSPS) is 12.6. The minimum Gasteiger partial charge on any atom is -0.391 e. The maximum atomic E-state index is 9.91. The van der Waals surface area contributed by atoms with Crippen molar-refractivity contribution in [2.75, 3.05) is 39.6 Å². The number of rotatable bonds is 22. The van der Waals surface area contributed by atoms with Crippen LogP contribution in [0.1, 0.15) is 97.3 Å². The Morgan fingerprint density at radius 2 is 1.00 bits per heavy atom. The third kappa shape index (κ3) is 21.9. The van der Waals surface area contributed by atoms with Crippen molar-refractivity contribution >= 4 is 0 Å². The van der Waals surface area contributed by atoms with Gasteiger partial charge in [0.25, 0.3) is 0 Å². The SMILES string of the molecule is CCCCCCCCCCCCC(O)COCCOCCOCCCC.